The van der Waals surface area contributed by atoms with Gasteiger partial charge in [0.15, 0.2) is 0 Å². The van der Waals surface area contributed by atoms with Gasteiger partial charge in [0.1, 0.15) is 5.76 Å². The van der Waals surface area contributed by atoms with E-state index < -0.39 is 0 Å². The van der Waals surface area contributed by atoms with Crippen molar-refractivity contribution in [2.75, 3.05) is 0 Å². The molecule has 2 rings (SSSR count). The molecule has 0 aliphatic heterocycles. The summed E-state index contributed by atoms with van der Waals surface area (Å²) in [7, 11) is 0. The molecule has 0 bridgehead atoms. The van der Waals surface area contributed by atoms with Crippen molar-refractivity contribution in [3.8, 4) is 0 Å². The first-order valence-corrected chi connectivity index (χ1v) is 7.53. The van der Waals surface area contributed by atoms with E-state index in [4.69, 9.17) is 4.52 Å². The van der Waals surface area contributed by atoms with Gasteiger partial charge in [-0.3, -0.25) is 0 Å². The Morgan fingerprint density at radius 1 is 1.00 bits per heavy atom. The molecule has 21 heavy (non-hydrogen) atoms. The molecule has 110 valence electrons. The number of benzene rings is 1. The second kappa shape index (κ2) is 7.63. The molecule has 0 atom stereocenters. The van der Waals surface area contributed by atoms with Crippen molar-refractivity contribution >= 4 is 12.2 Å². The Bertz CT molecular complexity index is 635. The van der Waals surface area contributed by atoms with Gasteiger partial charge in [0.05, 0.1) is 5.69 Å². The van der Waals surface area contributed by atoms with E-state index in [0.29, 0.717) is 0 Å². The van der Waals surface area contributed by atoms with Crippen LogP contribution in [-0.2, 0) is 12.8 Å². The Kier molecular flexibility index (Phi) is 5.56. The van der Waals surface area contributed by atoms with Gasteiger partial charge in [-0.2, -0.15) is 0 Å². The van der Waals surface area contributed by atoms with Gasteiger partial charge in [-0.1, -0.05) is 47.7 Å². The minimum atomic E-state index is 0.941. The minimum absolute atomic E-state index is 0.941. The first kappa shape index (κ1) is 15.3. The number of rotatable bonds is 6. The van der Waals surface area contributed by atoms with Gasteiger partial charge in [-0.05, 0) is 50.3 Å². The second-order valence-electron chi connectivity index (χ2n) is 5.25. The lowest BCUT2D eigenvalue weighted by atomic mass is 9.99. The van der Waals surface area contributed by atoms with Crippen LogP contribution in [0.3, 0.4) is 0 Å². The molecule has 1 heterocycles. The molecule has 0 N–H and O–H groups in total. The molecule has 2 nitrogen and oxygen atoms in total. The molecule has 1 aromatic carbocycles. The summed E-state index contributed by atoms with van der Waals surface area (Å²) < 4.78 is 5.25. The van der Waals surface area contributed by atoms with Gasteiger partial charge in [0, 0.05) is 12.5 Å². The fourth-order valence-electron chi connectivity index (χ4n) is 2.44. The topological polar surface area (TPSA) is 26.0 Å². The third-order valence-electron chi connectivity index (χ3n) is 3.41. The lowest BCUT2D eigenvalue weighted by Crippen LogP contribution is -1.91. The third-order valence-corrected chi connectivity index (χ3v) is 3.41. The zero-order valence-electron chi connectivity index (χ0n) is 13.1. The molecule has 1 aromatic heterocycles. The molecule has 0 fully saturated rings. The van der Waals surface area contributed by atoms with E-state index in [0.717, 1.165) is 30.7 Å². The van der Waals surface area contributed by atoms with Gasteiger partial charge >= 0.3 is 0 Å². The summed E-state index contributed by atoms with van der Waals surface area (Å²) in [6.07, 6.45) is 11.6. The molecule has 2 aromatic rings. The Morgan fingerprint density at radius 2 is 1.76 bits per heavy atom. The van der Waals surface area contributed by atoms with Crippen molar-refractivity contribution in [3.05, 3.63) is 64.6 Å². The van der Waals surface area contributed by atoms with E-state index in [1.165, 1.54) is 16.7 Å². The SMILES string of the molecule is C/C=C\c1ccc(CCCc2cc(C)no2)cc1/C=C\C. The molecule has 0 saturated heterocycles. The number of aromatic nitrogens is 1. The summed E-state index contributed by atoms with van der Waals surface area (Å²) >= 11 is 0. The highest BCUT2D eigenvalue weighted by atomic mass is 16.5. The standard InChI is InChI=1S/C19H23NO/c1-4-7-17-12-11-16(14-18(17)8-5-2)9-6-10-19-13-15(3)20-21-19/h4-5,7-8,11-14H,6,9-10H2,1-3H3/b7-4-,8-5-. The fraction of sp³-hybridized carbons (Fsp3) is 0.316. The maximum atomic E-state index is 5.25. The van der Waals surface area contributed by atoms with Crippen LogP contribution < -0.4 is 0 Å². The number of nitrogens with zero attached hydrogens (tertiary/aromatic N) is 1. The molecule has 0 unspecified atom stereocenters. The van der Waals surface area contributed by atoms with Crippen molar-refractivity contribution < 1.29 is 4.52 Å². The fourth-order valence-corrected chi connectivity index (χ4v) is 2.44. The maximum Gasteiger partial charge on any atom is 0.137 e. The van der Waals surface area contributed by atoms with Crippen LogP contribution in [-0.4, -0.2) is 5.16 Å². The highest BCUT2D eigenvalue weighted by Crippen LogP contribution is 2.18. The minimum Gasteiger partial charge on any atom is -0.361 e. The lowest BCUT2D eigenvalue weighted by molar-refractivity contribution is 0.377. The van der Waals surface area contributed by atoms with Gasteiger partial charge < -0.3 is 4.52 Å². The average Bonchev–Trinajstić information content (AvgIpc) is 2.88. The normalized spacial score (nSPS) is 11.8. The molecule has 0 radical (unpaired) electrons. The molecular formula is C19H23NO. The summed E-state index contributed by atoms with van der Waals surface area (Å²) in [6, 6.07) is 8.71. The van der Waals surface area contributed by atoms with Crippen LogP contribution in [0.5, 0.6) is 0 Å². The van der Waals surface area contributed by atoms with Crippen LogP contribution in [0.1, 0.15) is 48.4 Å². The van der Waals surface area contributed by atoms with Gasteiger partial charge in [-0.15, -0.1) is 0 Å². The summed E-state index contributed by atoms with van der Waals surface area (Å²) in [5, 5.41) is 3.92. The van der Waals surface area contributed by atoms with E-state index in [1.54, 1.807) is 0 Å². The van der Waals surface area contributed by atoms with E-state index in [-0.39, 0.29) is 0 Å². The zero-order valence-corrected chi connectivity index (χ0v) is 13.1. The molecule has 0 saturated carbocycles. The monoisotopic (exact) mass is 281 g/mol. The number of hydrogen-bond donors (Lipinski definition) is 0. The molecule has 0 spiro atoms. The van der Waals surface area contributed by atoms with Gasteiger partial charge in [0.2, 0.25) is 0 Å². The number of allylic oxidation sites excluding steroid dienone is 2. The van der Waals surface area contributed by atoms with E-state index in [1.807, 2.05) is 19.9 Å². The summed E-state index contributed by atoms with van der Waals surface area (Å²) in [5.41, 5.74) is 4.87. The Morgan fingerprint density at radius 3 is 2.43 bits per heavy atom. The quantitative estimate of drug-likeness (QED) is 0.725. The van der Waals surface area contributed by atoms with Crippen LogP contribution in [0.4, 0.5) is 0 Å². The molecule has 2 heteroatoms. The van der Waals surface area contributed by atoms with Crippen molar-refractivity contribution in [2.45, 2.75) is 40.0 Å². The van der Waals surface area contributed by atoms with Gasteiger partial charge in [-0.25, -0.2) is 0 Å². The first-order valence-electron chi connectivity index (χ1n) is 7.53. The summed E-state index contributed by atoms with van der Waals surface area (Å²) in [5.74, 6) is 0.978. The number of hydrogen-bond acceptors (Lipinski definition) is 2. The van der Waals surface area contributed by atoms with Crippen LogP contribution in [0, 0.1) is 6.92 Å². The van der Waals surface area contributed by atoms with E-state index >= 15 is 0 Å². The van der Waals surface area contributed by atoms with Crippen LogP contribution >= 0.6 is 0 Å². The Labute approximate surface area is 127 Å². The lowest BCUT2D eigenvalue weighted by Gasteiger charge is -2.06. The second-order valence-corrected chi connectivity index (χ2v) is 5.25. The molecule has 0 amide bonds. The Balaban J connectivity index is 2.01. The highest BCUT2D eigenvalue weighted by molar-refractivity contribution is 5.65. The van der Waals surface area contributed by atoms with Crippen molar-refractivity contribution in [1.82, 2.24) is 5.16 Å². The van der Waals surface area contributed by atoms with Crippen LogP contribution in [0.15, 0.2) is 40.9 Å². The van der Waals surface area contributed by atoms with E-state index in [2.05, 4.69) is 54.6 Å². The predicted molar refractivity (Wildman–Crippen MR) is 89.1 cm³/mol. The molecule has 0 aliphatic carbocycles. The summed E-state index contributed by atoms with van der Waals surface area (Å²) in [6.45, 7) is 6.06. The predicted octanol–water partition coefficient (Wildman–Crippen LogP) is 5.22. The van der Waals surface area contributed by atoms with Crippen molar-refractivity contribution in [1.29, 1.82) is 0 Å². The highest BCUT2D eigenvalue weighted by Gasteiger charge is 2.03. The third kappa shape index (κ3) is 4.45. The van der Waals surface area contributed by atoms with Crippen molar-refractivity contribution in [2.24, 2.45) is 0 Å². The van der Waals surface area contributed by atoms with Crippen molar-refractivity contribution in [3.63, 3.8) is 0 Å². The summed E-state index contributed by atoms with van der Waals surface area (Å²) in [4.78, 5) is 0. The smallest absolute Gasteiger partial charge is 0.137 e. The first-order chi connectivity index (χ1) is 10.2. The number of aryl methyl sites for hydroxylation is 3. The van der Waals surface area contributed by atoms with Crippen LogP contribution in [0.25, 0.3) is 12.2 Å². The van der Waals surface area contributed by atoms with E-state index in [9.17, 15) is 0 Å². The average molecular weight is 281 g/mol. The molecular weight excluding hydrogens is 258 g/mol. The largest absolute Gasteiger partial charge is 0.361 e. The van der Waals surface area contributed by atoms with Crippen LogP contribution in [0.2, 0.25) is 0 Å². The van der Waals surface area contributed by atoms with Gasteiger partial charge in [0.25, 0.3) is 0 Å². The maximum absolute atomic E-state index is 5.25. The Hall–Kier alpha value is -2.09. The molecule has 0 aliphatic rings. The zero-order chi connectivity index (χ0) is 15.1.